The van der Waals surface area contributed by atoms with E-state index >= 15 is 0 Å². The molecule has 0 saturated heterocycles. The van der Waals surface area contributed by atoms with Crippen LogP contribution in [0, 0.1) is 64.2 Å². The van der Waals surface area contributed by atoms with E-state index < -0.39 is 0 Å². The second-order valence-corrected chi connectivity index (χ2v) is 7.42. The molecule has 0 heterocycles. The molecule has 0 nitrogen and oxygen atoms in total. The molecule has 0 N–H and O–H groups in total. The van der Waals surface area contributed by atoms with E-state index in [4.69, 9.17) is 0 Å². The van der Waals surface area contributed by atoms with Gasteiger partial charge < -0.3 is 0 Å². The third kappa shape index (κ3) is 4.04. The Labute approximate surface area is 146 Å². The van der Waals surface area contributed by atoms with E-state index in [1.165, 1.54) is 27.8 Å². The Morgan fingerprint density at radius 2 is 0.762 bits per heavy atom. The SMILES string of the molecule is CC1C(C)C(C)C(C)C1C.Cc1c(C)c(C)[c-](C)c1C.[Zn+2]. The van der Waals surface area contributed by atoms with Crippen LogP contribution < -0.4 is 0 Å². The minimum Gasteiger partial charge on any atom is -0.196 e. The average Bonchev–Trinajstić information content (AvgIpc) is 2.71. The molecule has 1 aliphatic rings. The van der Waals surface area contributed by atoms with Crippen LogP contribution in [0.4, 0.5) is 0 Å². The van der Waals surface area contributed by atoms with E-state index in [1.807, 2.05) is 0 Å². The summed E-state index contributed by atoms with van der Waals surface area (Å²) in [5.41, 5.74) is 7.34. The summed E-state index contributed by atoms with van der Waals surface area (Å²) in [4.78, 5) is 0. The molecule has 116 valence electrons. The van der Waals surface area contributed by atoms with Crippen molar-refractivity contribution in [1.82, 2.24) is 0 Å². The van der Waals surface area contributed by atoms with Crippen molar-refractivity contribution >= 4 is 0 Å². The summed E-state index contributed by atoms with van der Waals surface area (Å²) in [6, 6.07) is 0. The molecule has 0 aromatic heterocycles. The van der Waals surface area contributed by atoms with Crippen molar-refractivity contribution < 1.29 is 19.5 Å². The molecule has 1 aromatic carbocycles. The summed E-state index contributed by atoms with van der Waals surface area (Å²) in [7, 11) is 0. The number of hydrogen-bond acceptors (Lipinski definition) is 0. The van der Waals surface area contributed by atoms with Crippen molar-refractivity contribution in [3.63, 3.8) is 0 Å². The Kier molecular flexibility index (Phi) is 7.99. The largest absolute Gasteiger partial charge is 2.00 e. The van der Waals surface area contributed by atoms with Crippen LogP contribution in [0.25, 0.3) is 0 Å². The van der Waals surface area contributed by atoms with Gasteiger partial charge in [0, 0.05) is 0 Å². The Balaban J connectivity index is 0.000000364. The first-order valence-corrected chi connectivity index (χ1v) is 8.30. The fourth-order valence-corrected chi connectivity index (χ4v) is 3.80. The van der Waals surface area contributed by atoms with E-state index in [0.717, 1.165) is 29.6 Å². The van der Waals surface area contributed by atoms with Gasteiger partial charge >= 0.3 is 19.5 Å². The molecule has 0 spiro atoms. The summed E-state index contributed by atoms with van der Waals surface area (Å²) in [5, 5.41) is 0. The standard InChI is InChI=1S/C10H20.C10H15.Zn/c2*1-6-7(2)9(4)10(5)8(6)3;/h6-10H,1-5H3;1-5H3;/q;-1;+2. The molecule has 1 aliphatic carbocycles. The molecular weight excluding hydrogens is 306 g/mol. The van der Waals surface area contributed by atoms with Gasteiger partial charge in [0.05, 0.1) is 0 Å². The van der Waals surface area contributed by atoms with Crippen LogP contribution in [0.3, 0.4) is 0 Å². The first kappa shape index (κ1) is 21.0. The number of hydrogen-bond donors (Lipinski definition) is 0. The van der Waals surface area contributed by atoms with Crippen molar-refractivity contribution in [2.75, 3.05) is 0 Å². The van der Waals surface area contributed by atoms with Crippen LogP contribution in [0.2, 0.25) is 0 Å². The third-order valence-corrected chi connectivity index (χ3v) is 6.96. The normalized spacial score (nSPS) is 31.4. The summed E-state index contributed by atoms with van der Waals surface area (Å²) < 4.78 is 0. The molecule has 0 amide bonds. The molecule has 0 atom stereocenters. The van der Waals surface area contributed by atoms with Crippen molar-refractivity contribution in [2.24, 2.45) is 29.6 Å². The fraction of sp³-hybridized carbons (Fsp3) is 0.750. The van der Waals surface area contributed by atoms with Gasteiger partial charge in [0.2, 0.25) is 0 Å². The van der Waals surface area contributed by atoms with Crippen LogP contribution in [0.15, 0.2) is 0 Å². The molecule has 0 aliphatic heterocycles. The average molecular weight is 341 g/mol. The predicted molar refractivity (Wildman–Crippen MR) is 91.5 cm³/mol. The minimum atomic E-state index is 0. The maximum atomic E-state index is 2.40. The molecule has 1 heteroatoms. The Bertz CT molecular complexity index is 330. The Morgan fingerprint density at radius 1 is 0.571 bits per heavy atom. The van der Waals surface area contributed by atoms with Gasteiger partial charge in [0.15, 0.2) is 0 Å². The first-order valence-electron chi connectivity index (χ1n) is 8.30. The second-order valence-electron chi connectivity index (χ2n) is 7.42. The van der Waals surface area contributed by atoms with Gasteiger partial charge in [-0.2, -0.15) is 27.8 Å². The summed E-state index contributed by atoms with van der Waals surface area (Å²) >= 11 is 0. The van der Waals surface area contributed by atoms with E-state index in [0.29, 0.717) is 0 Å². The molecule has 1 saturated carbocycles. The van der Waals surface area contributed by atoms with Gasteiger partial charge in [-0.1, -0.05) is 69.2 Å². The van der Waals surface area contributed by atoms with Crippen molar-refractivity contribution in [2.45, 2.75) is 69.2 Å². The zero-order chi connectivity index (χ0) is 15.8. The van der Waals surface area contributed by atoms with Crippen LogP contribution in [-0.4, -0.2) is 0 Å². The van der Waals surface area contributed by atoms with E-state index in [1.54, 1.807) is 0 Å². The maximum Gasteiger partial charge on any atom is 2.00 e. The van der Waals surface area contributed by atoms with Gasteiger partial charge in [-0.05, 0) is 29.6 Å². The van der Waals surface area contributed by atoms with E-state index in [2.05, 4.69) is 69.2 Å². The van der Waals surface area contributed by atoms with Crippen molar-refractivity contribution in [1.29, 1.82) is 0 Å². The van der Waals surface area contributed by atoms with Crippen LogP contribution in [0.1, 0.15) is 62.4 Å². The zero-order valence-electron chi connectivity index (χ0n) is 16.1. The maximum absolute atomic E-state index is 2.40. The van der Waals surface area contributed by atoms with Gasteiger partial charge in [-0.3, -0.25) is 0 Å². The molecule has 0 bridgehead atoms. The van der Waals surface area contributed by atoms with Crippen LogP contribution in [0.5, 0.6) is 0 Å². The Morgan fingerprint density at radius 3 is 0.857 bits per heavy atom. The second kappa shape index (κ2) is 8.00. The third-order valence-electron chi connectivity index (χ3n) is 6.96. The van der Waals surface area contributed by atoms with E-state index in [9.17, 15) is 0 Å². The Hall–Kier alpha value is -0.0266. The molecular formula is C20H35Zn+. The topological polar surface area (TPSA) is 0 Å². The summed E-state index contributed by atoms with van der Waals surface area (Å²) in [6.07, 6.45) is 0. The first-order chi connectivity index (χ1) is 9.11. The molecule has 0 radical (unpaired) electrons. The fourth-order valence-electron chi connectivity index (χ4n) is 3.80. The monoisotopic (exact) mass is 339 g/mol. The predicted octanol–water partition coefficient (Wildman–Crippen LogP) is 6.13. The molecule has 1 aromatic rings. The summed E-state index contributed by atoms with van der Waals surface area (Å²) in [6.45, 7) is 23.0. The van der Waals surface area contributed by atoms with Gasteiger partial charge in [-0.25, -0.2) is 0 Å². The van der Waals surface area contributed by atoms with Crippen molar-refractivity contribution in [3.05, 3.63) is 27.8 Å². The quantitative estimate of drug-likeness (QED) is 0.394. The van der Waals surface area contributed by atoms with E-state index in [-0.39, 0.29) is 19.5 Å². The van der Waals surface area contributed by atoms with Crippen LogP contribution >= 0.6 is 0 Å². The molecule has 0 unspecified atom stereocenters. The van der Waals surface area contributed by atoms with Gasteiger partial charge in [0.25, 0.3) is 0 Å². The minimum absolute atomic E-state index is 0. The molecule has 2 rings (SSSR count). The van der Waals surface area contributed by atoms with Crippen LogP contribution in [-0.2, 0) is 19.5 Å². The number of rotatable bonds is 0. The summed E-state index contributed by atoms with van der Waals surface area (Å²) in [5.74, 6) is 4.68. The van der Waals surface area contributed by atoms with Gasteiger partial charge in [-0.15, -0.1) is 0 Å². The molecule has 1 fully saturated rings. The smallest absolute Gasteiger partial charge is 0.196 e. The van der Waals surface area contributed by atoms with Crippen molar-refractivity contribution in [3.8, 4) is 0 Å². The van der Waals surface area contributed by atoms with Gasteiger partial charge in [0.1, 0.15) is 0 Å². The zero-order valence-corrected chi connectivity index (χ0v) is 19.1. The molecule has 21 heavy (non-hydrogen) atoms.